The molecule has 2 fully saturated rings. The number of ether oxygens (including phenoxy) is 1. The summed E-state index contributed by atoms with van der Waals surface area (Å²) in [6, 6.07) is 9.94. The molecule has 5 rings (SSSR count). The maximum atomic E-state index is 13.6. The van der Waals surface area contributed by atoms with Crippen LogP contribution in [0.4, 0.5) is 0 Å². The molecule has 0 radical (unpaired) electrons. The Hall–Kier alpha value is -2.76. The first-order valence-corrected chi connectivity index (χ1v) is 11.6. The average Bonchev–Trinajstić information content (AvgIpc) is 3.47. The monoisotopic (exact) mass is 420 g/mol. The first-order valence-electron chi connectivity index (χ1n) is 11.6. The van der Waals surface area contributed by atoms with Crippen LogP contribution in [0.5, 0.6) is 0 Å². The molecule has 31 heavy (non-hydrogen) atoms. The highest BCUT2D eigenvalue weighted by atomic mass is 16.5. The van der Waals surface area contributed by atoms with Crippen molar-refractivity contribution in [3.05, 3.63) is 48.0 Å². The summed E-state index contributed by atoms with van der Waals surface area (Å²) < 4.78 is 7.24. The van der Waals surface area contributed by atoms with Gasteiger partial charge >= 0.3 is 11.9 Å². The van der Waals surface area contributed by atoms with Gasteiger partial charge in [0.05, 0.1) is 24.2 Å². The molecule has 3 aliphatic carbocycles. The summed E-state index contributed by atoms with van der Waals surface area (Å²) in [6.07, 6.45) is 9.33. The predicted molar refractivity (Wildman–Crippen MR) is 118 cm³/mol. The molecule has 0 spiro atoms. The highest BCUT2D eigenvalue weighted by Gasteiger charge is 2.51. The number of benzene rings is 1. The van der Waals surface area contributed by atoms with Gasteiger partial charge in [0.15, 0.2) is 6.54 Å². The third-order valence-corrected chi connectivity index (χ3v) is 7.16. The number of carbonyl (C=O) groups excluding carboxylic acids is 2. The lowest BCUT2D eigenvalue weighted by atomic mass is 9.83. The van der Waals surface area contributed by atoms with Crippen molar-refractivity contribution in [1.29, 1.82) is 0 Å². The number of nitrogens with one attached hydrogen (secondary N) is 1. The molecule has 6 nitrogen and oxygen atoms in total. The second-order valence-corrected chi connectivity index (χ2v) is 9.04. The number of esters is 1. The number of hydrogen-bond acceptors (Lipinski definition) is 4. The number of nitrogens with zero attached hydrogens (tertiary/aromatic N) is 2. The summed E-state index contributed by atoms with van der Waals surface area (Å²) in [5.74, 6) is -0.133. The molecule has 3 unspecified atom stereocenters. The zero-order valence-corrected chi connectivity index (χ0v) is 18.0. The van der Waals surface area contributed by atoms with Gasteiger partial charge in [-0.2, -0.15) is 0 Å². The Morgan fingerprint density at radius 2 is 1.97 bits per heavy atom. The van der Waals surface area contributed by atoms with Crippen LogP contribution in [-0.4, -0.2) is 40.6 Å². The topological polar surface area (TPSA) is 70.8 Å². The second-order valence-electron chi connectivity index (χ2n) is 9.04. The molecule has 1 aromatic carbocycles. The van der Waals surface area contributed by atoms with Gasteiger partial charge in [0.1, 0.15) is 0 Å². The summed E-state index contributed by atoms with van der Waals surface area (Å²) in [5, 5.41) is 8.11. The van der Waals surface area contributed by atoms with Crippen LogP contribution in [-0.2, 0) is 20.9 Å². The van der Waals surface area contributed by atoms with E-state index >= 15 is 0 Å². The van der Waals surface area contributed by atoms with Crippen molar-refractivity contribution in [3.8, 4) is 0 Å². The minimum atomic E-state index is -0.296. The van der Waals surface area contributed by atoms with Crippen LogP contribution in [0.15, 0.2) is 47.6 Å². The number of hydrazone groups is 1. The third-order valence-electron chi connectivity index (χ3n) is 7.16. The molecule has 1 heterocycles. The van der Waals surface area contributed by atoms with E-state index in [0.717, 1.165) is 49.1 Å². The first-order chi connectivity index (χ1) is 15.2. The minimum Gasteiger partial charge on any atom is -0.466 e. The zero-order valence-electron chi connectivity index (χ0n) is 18.0. The van der Waals surface area contributed by atoms with E-state index < -0.39 is 0 Å². The lowest BCUT2D eigenvalue weighted by Crippen LogP contribution is -2.50. The van der Waals surface area contributed by atoms with Gasteiger partial charge in [-0.25, -0.2) is 0 Å². The fourth-order valence-corrected chi connectivity index (χ4v) is 5.75. The summed E-state index contributed by atoms with van der Waals surface area (Å²) in [6.45, 7) is 2.77. The van der Waals surface area contributed by atoms with E-state index in [1.807, 2.05) is 29.8 Å². The maximum Gasteiger partial charge on any atom is 0.314 e. The lowest BCUT2D eigenvalue weighted by Gasteiger charge is -2.27. The third kappa shape index (κ3) is 3.73. The van der Waals surface area contributed by atoms with E-state index in [-0.39, 0.29) is 41.6 Å². The smallest absolute Gasteiger partial charge is 0.314 e. The predicted octanol–water partition coefficient (Wildman–Crippen LogP) is 3.07. The van der Waals surface area contributed by atoms with E-state index in [1.165, 1.54) is 0 Å². The van der Waals surface area contributed by atoms with Crippen LogP contribution in [0.1, 0.15) is 44.6 Å². The standard InChI is InChI=1S/C25H29N3O3/c1-2-31-25(30)21-17-12-13-18(14-17)22(21)26-24(29)23-19-10-6-7-11-20(19)27-28(23)15-16-8-4-3-5-9-16/h3-5,8-9,12-13,17-19,21-22H,2,6-7,10-11,14-15H2,1H3/p+1/t17?,18?,19?,21-,22+/m0/s1. The Labute approximate surface area is 183 Å². The summed E-state index contributed by atoms with van der Waals surface area (Å²) in [7, 11) is 0. The Morgan fingerprint density at radius 1 is 1.16 bits per heavy atom. The first kappa shape index (κ1) is 20.2. The summed E-state index contributed by atoms with van der Waals surface area (Å²) >= 11 is 0. The summed E-state index contributed by atoms with van der Waals surface area (Å²) in [4.78, 5) is 26.3. The zero-order chi connectivity index (χ0) is 21.4. The minimum absolute atomic E-state index is 0.0816. The molecule has 1 N–H and O–H groups in total. The molecule has 6 heteroatoms. The number of rotatable bonds is 6. The van der Waals surface area contributed by atoms with Crippen molar-refractivity contribution in [2.24, 2.45) is 28.8 Å². The molecular formula is C25H30N3O3+. The van der Waals surface area contributed by atoms with Crippen molar-refractivity contribution >= 4 is 23.3 Å². The average molecular weight is 421 g/mol. The van der Waals surface area contributed by atoms with Gasteiger partial charge in [0, 0.05) is 11.6 Å². The Bertz CT molecular complexity index is 965. The van der Waals surface area contributed by atoms with E-state index in [0.29, 0.717) is 13.2 Å². The Balaban J connectivity index is 1.41. The van der Waals surface area contributed by atoms with Crippen LogP contribution in [0.3, 0.4) is 0 Å². The van der Waals surface area contributed by atoms with Crippen LogP contribution in [0.2, 0.25) is 0 Å². The van der Waals surface area contributed by atoms with E-state index in [1.54, 1.807) is 0 Å². The number of fused-ring (bicyclic) bond motifs is 3. The molecule has 1 aromatic rings. The normalized spacial score (nSPS) is 30.9. The Kier molecular flexibility index (Phi) is 5.47. The van der Waals surface area contributed by atoms with E-state index in [4.69, 9.17) is 9.84 Å². The fourth-order valence-electron chi connectivity index (χ4n) is 5.75. The molecule has 5 atom stereocenters. The van der Waals surface area contributed by atoms with Crippen molar-refractivity contribution in [1.82, 2.24) is 5.32 Å². The molecule has 2 saturated carbocycles. The highest BCUT2D eigenvalue weighted by molar-refractivity contribution is 6.42. The summed E-state index contributed by atoms with van der Waals surface area (Å²) in [5.41, 5.74) is 3.00. The van der Waals surface area contributed by atoms with Gasteiger partial charge in [-0.1, -0.05) is 53.6 Å². The number of allylic oxidation sites excluding steroid dienone is 1. The van der Waals surface area contributed by atoms with Crippen molar-refractivity contribution in [2.75, 3.05) is 6.61 Å². The van der Waals surface area contributed by atoms with Gasteiger partial charge in [-0.15, -0.1) is 0 Å². The van der Waals surface area contributed by atoms with Crippen LogP contribution >= 0.6 is 0 Å². The highest BCUT2D eigenvalue weighted by Crippen LogP contribution is 2.44. The van der Waals surface area contributed by atoms with Gasteiger partial charge in [0.2, 0.25) is 0 Å². The van der Waals surface area contributed by atoms with Crippen molar-refractivity contribution < 1.29 is 19.0 Å². The van der Waals surface area contributed by atoms with Gasteiger partial charge in [-0.05, 0) is 49.5 Å². The quantitative estimate of drug-likeness (QED) is 0.437. The fraction of sp³-hybridized carbons (Fsp3) is 0.520. The number of carbonyl (C=O) groups is 2. The molecular weight excluding hydrogens is 390 g/mol. The molecule has 2 bridgehead atoms. The lowest BCUT2D eigenvalue weighted by molar-refractivity contribution is -0.546. The molecule has 1 aliphatic heterocycles. The molecule has 1 amide bonds. The SMILES string of the molecule is CCOC(=O)[C@H]1C2C=CC(C2)[C@H]1NC(=O)C1=[N+](Cc2ccccc2)N=C2CCCCC21. The van der Waals surface area contributed by atoms with Crippen molar-refractivity contribution in [2.45, 2.75) is 51.6 Å². The number of amides is 1. The second kappa shape index (κ2) is 8.40. The molecule has 162 valence electrons. The van der Waals surface area contributed by atoms with Crippen LogP contribution in [0.25, 0.3) is 0 Å². The van der Waals surface area contributed by atoms with E-state index in [9.17, 15) is 9.59 Å². The number of hydrogen-bond donors (Lipinski definition) is 1. The maximum absolute atomic E-state index is 13.6. The van der Waals surface area contributed by atoms with Gasteiger partial charge < -0.3 is 10.1 Å². The van der Waals surface area contributed by atoms with Crippen molar-refractivity contribution in [3.63, 3.8) is 0 Å². The Morgan fingerprint density at radius 3 is 2.77 bits per heavy atom. The van der Waals surface area contributed by atoms with E-state index in [2.05, 4.69) is 29.6 Å². The van der Waals surface area contributed by atoms with Crippen LogP contribution < -0.4 is 5.32 Å². The largest absolute Gasteiger partial charge is 0.466 e. The molecule has 4 aliphatic rings. The van der Waals surface area contributed by atoms with Gasteiger partial charge in [-0.3, -0.25) is 9.59 Å². The van der Waals surface area contributed by atoms with Gasteiger partial charge in [0.25, 0.3) is 5.71 Å². The van der Waals surface area contributed by atoms with Crippen LogP contribution in [0, 0.1) is 23.7 Å². The molecule has 0 saturated heterocycles. The molecule has 0 aromatic heterocycles.